The number of amides is 2. The van der Waals surface area contributed by atoms with Gasteiger partial charge in [-0.15, -0.1) is 10.2 Å². The number of carbonyl (C=O) groups is 1. The fourth-order valence-electron chi connectivity index (χ4n) is 3.36. The first kappa shape index (κ1) is 17.4. The number of nitrogens with zero attached hydrogens (tertiary/aromatic N) is 4. The van der Waals surface area contributed by atoms with Crippen LogP contribution < -0.4 is 5.32 Å². The van der Waals surface area contributed by atoms with Crippen molar-refractivity contribution in [2.75, 3.05) is 13.1 Å². The number of urea groups is 1. The Morgan fingerprint density at radius 3 is 2.80 bits per heavy atom. The van der Waals surface area contributed by atoms with Crippen LogP contribution in [0.2, 0.25) is 0 Å². The van der Waals surface area contributed by atoms with Gasteiger partial charge in [-0.25, -0.2) is 9.18 Å². The highest BCUT2D eigenvalue weighted by atomic mass is 19.1. The monoisotopic (exact) mass is 345 g/mol. The standard InChI is InChI=1S/C18H24FN5O/c1-13(17-22-20-12-23(17)2)21-18(25)24-8-6-14(7-9-24)10-15-4-3-5-16(19)11-15/h3-5,11-14H,6-10H2,1-2H3,(H,21,25)/t13-/m1/s1. The summed E-state index contributed by atoms with van der Waals surface area (Å²) in [6.07, 6.45) is 4.35. The zero-order valence-electron chi connectivity index (χ0n) is 14.7. The number of hydrogen-bond acceptors (Lipinski definition) is 3. The Labute approximate surface area is 147 Å². The molecule has 1 aliphatic rings. The Bertz CT molecular complexity index is 724. The van der Waals surface area contributed by atoms with Gasteiger partial charge < -0.3 is 14.8 Å². The zero-order valence-corrected chi connectivity index (χ0v) is 14.7. The average molecular weight is 345 g/mol. The largest absolute Gasteiger partial charge is 0.328 e. The second-order valence-corrected chi connectivity index (χ2v) is 6.74. The number of aromatic nitrogens is 3. The summed E-state index contributed by atoms with van der Waals surface area (Å²) in [5, 5.41) is 10.8. The van der Waals surface area contributed by atoms with Gasteiger partial charge in [-0.05, 0) is 49.8 Å². The van der Waals surface area contributed by atoms with Crippen molar-refractivity contribution >= 4 is 6.03 Å². The first-order valence-electron chi connectivity index (χ1n) is 8.66. The van der Waals surface area contributed by atoms with Crippen molar-refractivity contribution in [1.82, 2.24) is 25.0 Å². The van der Waals surface area contributed by atoms with Gasteiger partial charge >= 0.3 is 6.03 Å². The molecule has 7 heteroatoms. The molecule has 1 N–H and O–H groups in total. The van der Waals surface area contributed by atoms with E-state index in [1.54, 1.807) is 23.0 Å². The summed E-state index contributed by atoms with van der Waals surface area (Å²) < 4.78 is 15.1. The third-order valence-corrected chi connectivity index (χ3v) is 4.79. The van der Waals surface area contributed by atoms with Crippen LogP contribution >= 0.6 is 0 Å². The lowest BCUT2D eigenvalue weighted by molar-refractivity contribution is 0.167. The Hall–Kier alpha value is -2.44. The number of rotatable bonds is 4. The number of aryl methyl sites for hydroxylation is 1. The third kappa shape index (κ3) is 4.35. The number of nitrogens with one attached hydrogen (secondary N) is 1. The van der Waals surface area contributed by atoms with Crippen LogP contribution in [0, 0.1) is 11.7 Å². The van der Waals surface area contributed by atoms with Gasteiger partial charge in [0.2, 0.25) is 0 Å². The van der Waals surface area contributed by atoms with Crippen LogP contribution in [0.25, 0.3) is 0 Å². The molecule has 0 unspecified atom stereocenters. The molecule has 0 spiro atoms. The topological polar surface area (TPSA) is 63.1 Å². The quantitative estimate of drug-likeness (QED) is 0.927. The Kier molecular flexibility index (Phi) is 5.31. The average Bonchev–Trinajstić information content (AvgIpc) is 3.01. The number of likely N-dealkylation sites (tertiary alicyclic amines) is 1. The summed E-state index contributed by atoms with van der Waals surface area (Å²) >= 11 is 0. The van der Waals surface area contributed by atoms with E-state index in [2.05, 4.69) is 15.5 Å². The van der Waals surface area contributed by atoms with Gasteiger partial charge in [-0.1, -0.05) is 12.1 Å². The van der Waals surface area contributed by atoms with Gasteiger partial charge in [0.1, 0.15) is 12.1 Å². The minimum absolute atomic E-state index is 0.0697. The van der Waals surface area contributed by atoms with Gasteiger partial charge in [0.05, 0.1) is 6.04 Å². The maximum atomic E-state index is 13.3. The van der Waals surface area contributed by atoms with Gasteiger partial charge in [0, 0.05) is 20.1 Å². The van der Waals surface area contributed by atoms with Crippen molar-refractivity contribution in [3.63, 3.8) is 0 Å². The summed E-state index contributed by atoms with van der Waals surface area (Å²) in [6.45, 7) is 3.34. The molecule has 1 aliphatic heterocycles. The Balaban J connectivity index is 1.48. The molecule has 2 heterocycles. The van der Waals surface area contributed by atoms with Crippen molar-refractivity contribution in [3.05, 3.63) is 47.8 Å². The highest BCUT2D eigenvalue weighted by Crippen LogP contribution is 2.22. The number of piperidine rings is 1. The van der Waals surface area contributed by atoms with Crippen molar-refractivity contribution in [3.8, 4) is 0 Å². The van der Waals surface area contributed by atoms with Crippen LogP contribution in [0.3, 0.4) is 0 Å². The Morgan fingerprint density at radius 1 is 1.40 bits per heavy atom. The number of hydrogen-bond donors (Lipinski definition) is 1. The highest BCUT2D eigenvalue weighted by Gasteiger charge is 2.24. The molecule has 0 aliphatic carbocycles. The van der Waals surface area contributed by atoms with Gasteiger partial charge in [-0.3, -0.25) is 0 Å². The molecule has 0 saturated carbocycles. The van der Waals surface area contributed by atoms with E-state index in [0.29, 0.717) is 5.92 Å². The van der Waals surface area contributed by atoms with E-state index in [1.165, 1.54) is 6.07 Å². The number of halogens is 1. The molecule has 134 valence electrons. The summed E-state index contributed by atoms with van der Waals surface area (Å²) in [5.74, 6) is 1.03. The second kappa shape index (κ2) is 7.63. The molecule has 1 aromatic heterocycles. The van der Waals surface area contributed by atoms with Gasteiger partial charge in [-0.2, -0.15) is 0 Å². The molecule has 1 atom stereocenters. The van der Waals surface area contributed by atoms with Crippen molar-refractivity contribution in [2.24, 2.45) is 13.0 Å². The molecular weight excluding hydrogens is 321 g/mol. The van der Waals surface area contributed by atoms with E-state index in [4.69, 9.17) is 0 Å². The summed E-state index contributed by atoms with van der Waals surface area (Å²) in [5.41, 5.74) is 1.03. The first-order chi connectivity index (χ1) is 12.0. The summed E-state index contributed by atoms with van der Waals surface area (Å²) in [6, 6.07) is 6.52. The van der Waals surface area contributed by atoms with E-state index < -0.39 is 0 Å². The fourth-order valence-corrected chi connectivity index (χ4v) is 3.36. The van der Waals surface area contributed by atoms with Crippen LogP contribution in [-0.2, 0) is 13.5 Å². The van der Waals surface area contributed by atoms with Crippen molar-refractivity contribution in [1.29, 1.82) is 0 Å². The lowest BCUT2D eigenvalue weighted by atomic mass is 9.90. The van der Waals surface area contributed by atoms with Crippen LogP contribution in [0.1, 0.15) is 37.2 Å². The molecule has 1 saturated heterocycles. The molecule has 0 bridgehead atoms. The van der Waals surface area contributed by atoms with Crippen LogP contribution in [-0.4, -0.2) is 38.8 Å². The van der Waals surface area contributed by atoms with Gasteiger partial charge in [0.25, 0.3) is 0 Å². The molecule has 3 rings (SSSR count). The lowest BCUT2D eigenvalue weighted by Crippen LogP contribution is -2.45. The molecule has 6 nitrogen and oxygen atoms in total. The van der Waals surface area contributed by atoms with Gasteiger partial charge in [0.15, 0.2) is 5.82 Å². The van der Waals surface area contributed by atoms with Crippen LogP contribution in [0.5, 0.6) is 0 Å². The van der Waals surface area contributed by atoms with E-state index in [0.717, 1.165) is 43.7 Å². The Morgan fingerprint density at radius 2 is 2.16 bits per heavy atom. The predicted octanol–water partition coefficient (Wildman–Crippen LogP) is 2.68. The molecular formula is C18H24FN5O. The van der Waals surface area contributed by atoms with Crippen LogP contribution in [0.4, 0.5) is 9.18 Å². The minimum atomic E-state index is -0.190. The van der Waals surface area contributed by atoms with E-state index in [-0.39, 0.29) is 17.9 Å². The summed E-state index contributed by atoms with van der Waals surface area (Å²) in [7, 11) is 1.86. The van der Waals surface area contributed by atoms with Crippen molar-refractivity contribution in [2.45, 2.75) is 32.2 Å². The molecule has 2 amide bonds. The van der Waals surface area contributed by atoms with E-state index >= 15 is 0 Å². The molecule has 0 radical (unpaired) electrons. The first-order valence-corrected chi connectivity index (χ1v) is 8.66. The normalized spacial score (nSPS) is 16.7. The lowest BCUT2D eigenvalue weighted by Gasteiger charge is -2.32. The van der Waals surface area contributed by atoms with E-state index in [9.17, 15) is 9.18 Å². The third-order valence-electron chi connectivity index (χ3n) is 4.79. The number of benzene rings is 1. The second-order valence-electron chi connectivity index (χ2n) is 6.74. The molecule has 1 aromatic carbocycles. The molecule has 1 fully saturated rings. The summed E-state index contributed by atoms with van der Waals surface area (Å²) in [4.78, 5) is 14.3. The molecule has 25 heavy (non-hydrogen) atoms. The maximum absolute atomic E-state index is 13.3. The molecule has 2 aromatic rings. The minimum Gasteiger partial charge on any atom is -0.328 e. The smallest absolute Gasteiger partial charge is 0.317 e. The highest BCUT2D eigenvalue weighted by molar-refractivity contribution is 5.74. The SMILES string of the molecule is C[C@@H](NC(=O)N1CCC(Cc2cccc(F)c2)CC1)c1nncn1C. The fraction of sp³-hybridized carbons (Fsp3) is 0.500. The van der Waals surface area contributed by atoms with Crippen molar-refractivity contribution < 1.29 is 9.18 Å². The van der Waals surface area contributed by atoms with E-state index in [1.807, 2.05) is 24.9 Å². The zero-order chi connectivity index (χ0) is 17.8. The maximum Gasteiger partial charge on any atom is 0.317 e. The predicted molar refractivity (Wildman–Crippen MR) is 92.4 cm³/mol. The number of carbonyl (C=O) groups excluding carboxylic acids is 1. The van der Waals surface area contributed by atoms with Crippen LogP contribution in [0.15, 0.2) is 30.6 Å².